The highest BCUT2D eigenvalue weighted by atomic mass is 35.5. The zero-order valence-corrected chi connectivity index (χ0v) is 22.2. The molecule has 0 saturated heterocycles. The summed E-state index contributed by atoms with van der Waals surface area (Å²) in [6, 6.07) is 2.00. The molecule has 2 unspecified atom stereocenters. The van der Waals surface area contributed by atoms with Crippen LogP contribution in [0.1, 0.15) is 81.5 Å². The first kappa shape index (κ1) is 26.6. The SMILES string of the molecule is CC1CCC(C(NC(=O)c2ccnn2C(C)C)C(=O)Nc2cnn(C(C)c3cc(Cl)n[nH]c3=O)c2)CC1. The van der Waals surface area contributed by atoms with Gasteiger partial charge in [0.2, 0.25) is 5.91 Å². The van der Waals surface area contributed by atoms with Crippen LogP contribution in [0.5, 0.6) is 0 Å². The maximum atomic E-state index is 13.5. The van der Waals surface area contributed by atoms with Gasteiger partial charge in [0.15, 0.2) is 0 Å². The van der Waals surface area contributed by atoms with Crippen LogP contribution in [0, 0.1) is 11.8 Å². The molecule has 3 aromatic rings. The molecule has 0 spiro atoms. The van der Waals surface area contributed by atoms with Crippen molar-refractivity contribution >= 4 is 29.1 Å². The number of aromatic amines is 1. The minimum Gasteiger partial charge on any atom is -0.339 e. The van der Waals surface area contributed by atoms with Crippen molar-refractivity contribution in [1.82, 2.24) is 35.1 Å². The number of carbonyl (C=O) groups excluding carboxylic acids is 2. The molecule has 0 aliphatic heterocycles. The molecule has 1 aliphatic carbocycles. The van der Waals surface area contributed by atoms with Crippen molar-refractivity contribution < 1.29 is 9.59 Å². The summed E-state index contributed by atoms with van der Waals surface area (Å²) >= 11 is 5.94. The molecular formula is C25H33ClN8O3. The van der Waals surface area contributed by atoms with E-state index < -0.39 is 12.1 Å². The maximum Gasteiger partial charge on any atom is 0.270 e. The first-order chi connectivity index (χ1) is 17.6. The molecule has 11 nitrogen and oxygen atoms in total. The van der Waals surface area contributed by atoms with Crippen molar-refractivity contribution in [2.45, 2.75) is 71.5 Å². The second-order valence-corrected chi connectivity index (χ2v) is 10.5. The Bertz CT molecular complexity index is 1310. The molecule has 1 fully saturated rings. The van der Waals surface area contributed by atoms with E-state index in [0.29, 0.717) is 22.9 Å². The van der Waals surface area contributed by atoms with E-state index in [2.05, 4.69) is 38.0 Å². The largest absolute Gasteiger partial charge is 0.339 e. The lowest BCUT2D eigenvalue weighted by Gasteiger charge is -2.32. The highest BCUT2D eigenvalue weighted by molar-refractivity contribution is 6.29. The molecule has 0 radical (unpaired) electrons. The first-order valence-electron chi connectivity index (χ1n) is 12.6. The van der Waals surface area contributed by atoms with Gasteiger partial charge in [0, 0.05) is 24.0 Å². The van der Waals surface area contributed by atoms with E-state index in [9.17, 15) is 14.4 Å². The predicted octanol–water partition coefficient (Wildman–Crippen LogP) is 3.57. The van der Waals surface area contributed by atoms with Crippen molar-refractivity contribution in [3.05, 3.63) is 57.5 Å². The minimum atomic E-state index is -0.710. The Hall–Kier alpha value is -3.47. The number of nitrogens with zero attached hydrogens (tertiary/aromatic N) is 5. The third kappa shape index (κ3) is 6.10. The van der Waals surface area contributed by atoms with Crippen LogP contribution < -0.4 is 16.2 Å². The van der Waals surface area contributed by atoms with Crippen molar-refractivity contribution in [2.75, 3.05) is 5.32 Å². The van der Waals surface area contributed by atoms with Crippen LogP contribution in [-0.2, 0) is 4.79 Å². The summed E-state index contributed by atoms with van der Waals surface area (Å²) < 4.78 is 3.21. The molecule has 1 saturated carbocycles. The van der Waals surface area contributed by atoms with Crippen LogP contribution >= 0.6 is 11.6 Å². The van der Waals surface area contributed by atoms with Gasteiger partial charge in [-0.2, -0.15) is 15.3 Å². The first-order valence-corrected chi connectivity index (χ1v) is 13.0. The number of carbonyl (C=O) groups is 2. The Morgan fingerprint density at radius 2 is 1.89 bits per heavy atom. The number of amides is 2. The van der Waals surface area contributed by atoms with E-state index in [0.717, 1.165) is 25.7 Å². The van der Waals surface area contributed by atoms with E-state index in [-0.39, 0.29) is 34.5 Å². The van der Waals surface area contributed by atoms with Gasteiger partial charge in [-0.15, -0.1) is 0 Å². The van der Waals surface area contributed by atoms with Crippen LogP contribution in [0.15, 0.2) is 35.5 Å². The smallest absolute Gasteiger partial charge is 0.270 e. The van der Waals surface area contributed by atoms with Gasteiger partial charge in [-0.25, -0.2) is 5.10 Å². The number of halogens is 1. The topological polar surface area (TPSA) is 140 Å². The predicted molar refractivity (Wildman–Crippen MR) is 140 cm³/mol. The third-order valence-electron chi connectivity index (χ3n) is 7.01. The summed E-state index contributed by atoms with van der Waals surface area (Å²) in [5, 5.41) is 20.7. The Kier molecular flexibility index (Phi) is 8.11. The van der Waals surface area contributed by atoms with Gasteiger partial charge in [0.25, 0.3) is 11.5 Å². The summed E-state index contributed by atoms with van der Waals surface area (Å²) in [4.78, 5) is 38.9. The molecule has 4 rings (SSSR count). The van der Waals surface area contributed by atoms with Crippen molar-refractivity contribution in [3.63, 3.8) is 0 Å². The van der Waals surface area contributed by atoms with Gasteiger partial charge < -0.3 is 10.6 Å². The molecule has 2 atom stereocenters. The lowest BCUT2D eigenvalue weighted by molar-refractivity contribution is -0.119. The van der Waals surface area contributed by atoms with Gasteiger partial charge >= 0.3 is 0 Å². The molecule has 3 N–H and O–H groups in total. The monoisotopic (exact) mass is 528 g/mol. The van der Waals surface area contributed by atoms with E-state index >= 15 is 0 Å². The molecule has 198 valence electrons. The summed E-state index contributed by atoms with van der Waals surface area (Å²) in [6.45, 7) is 7.90. The Morgan fingerprint density at radius 1 is 1.16 bits per heavy atom. The van der Waals surface area contributed by atoms with Crippen molar-refractivity contribution in [2.24, 2.45) is 11.8 Å². The standard InChI is InChI=1S/C25H33ClN8O3/c1-14(2)34-20(9-10-27-34)24(36)30-22(17-7-5-15(3)6-8-17)25(37)29-18-12-28-33(13-18)16(4)19-11-21(26)31-32-23(19)35/h9-17,22H,5-8H2,1-4H3,(H,29,37)(H,30,36)(H,32,35). The number of hydrogen-bond acceptors (Lipinski definition) is 6. The molecule has 3 heterocycles. The van der Waals surface area contributed by atoms with Crippen LogP contribution in [0.25, 0.3) is 0 Å². The van der Waals surface area contributed by atoms with Gasteiger partial charge in [0.05, 0.1) is 17.9 Å². The minimum absolute atomic E-state index is 0.00824. The zero-order chi connectivity index (χ0) is 26.7. The van der Waals surface area contributed by atoms with Gasteiger partial charge in [-0.1, -0.05) is 31.4 Å². The van der Waals surface area contributed by atoms with E-state index in [1.54, 1.807) is 34.7 Å². The van der Waals surface area contributed by atoms with E-state index in [4.69, 9.17) is 11.6 Å². The lowest BCUT2D eigenvalue weighted by atomic mass is 9.79. The van der Waals surface area contributed by atoms with Gasteiger partial charge in [0.1, 0.15) is 16.9 Å². The normalized spacial score (nSPS) is 19.4. The second-order valence-electron chi connectivity index (χ2n) is 10.1. The molecule has 37 heavy (non-hydrogen) atoms. The highest BCUT2D eigenvalue weighted by Gasteiger charge is 2.33. The number of rotatable bonds is 8. The lowest BCUT2D eigenvalue weighted by Crippen LogP contribution is -2.49. The van der Waals surface area contributed by atoms with E-state index in [1.807, 2.05) is 13.8 Å². The molecule has 0 aromatic carbocycles. The fourth-order valence-corrected chi connectivity index (χ4v) is 4.98. The fourth-order valence-electron chi connectivity index (χ4n) is 4.82. The van der Waals surface area contributed by atoms with Crippen molar-refractivity contribution in [3.8, 4) is 0 Å². The van der Waals surface area contributed by atoms with E-state index in [1.165, 1.54) is 12.3 Å². The molecule has 0 bridgehead atoms. The van der Waals surface area contributed by atoms with Gasteiger partial charge in [-0.05, 0) is 57.6 Å². The average molecular weight is 529 g/mol. The Morgan fingerprint density at radius 3 is 2.59 bits per heavy atom. The Labute approximate surface area is 220 Å². The summed E-state index contributed by atoms with van der Waals surface area (Å²) in [6.07, 6.45) is 8.46. The molecular weight excluding hydrogens is 496 g/mol. The maximum absolute atomic E-state index is 13.5. The molecule has 3 aromatic heterocycles. The number of nitrogens with one attached hydrogen (secondary N) is 3. The number of hydrogen-bond donors (Lipinski definition) is 3. The van der Waals surface area contributed by atoms with Crippen LogP contribution in [0.3, 0.4) is 0 Å². The highest BCUT2D eigenvalue weighted by Crippen LogP contribution is 2.31. The van der Waals surface area contributed by atoms with Crippen LogP contribution in [-0.4, -0.2) is 47.6 Å². The molecule has 1 aliphatic rings. The average Bonchev–Trinajstić information content (AvgIpc) is 3.54. The number of H-pyrrole nitrogens is 1. The molecule has 12 heteroatoms. The Balaban J connectivity index is 1.52. The quantitative estimate of drug-likeness (QED) is 0.408. The number of aromatic nitrogens is 6. The molecule has 2 amide bonds. The number of anilines is 1. The fraction of sp³-hybridized carbons (Fsp3) is 0.520. The third-order valence-corrected chi connectivity index (χ3v) is 7.20. The summed E-state index contributed by atoms with van der Waals surface area (Å²) in [5.41, 5.74) is 0.904. The zero-order valence-electron chi connectivity index (χ0n) is 21.4. The van der Waals surface area contributed by atoms with Crippen LogP contribution in [0.2, 0.25) is 5.15 Å². The van der Waals surface area contributed by atoms with Gasteiger partial charge in [-0.3, -0.25) is 23.7 Å². The summed E-state index contributed by atoms with van der Waals surface area (Å²) in [5.74, 6) is -0.0201. The summed E-state index contributed by atoms with van der Waals surface area (Å²) in [7, 11) is 0. The van der Waals surface area contributed by atoms with Crippen LogP contribution in [0.4, 0.5) is 5.69 Å². The van der Waals surface area contributed by atoms with Crippen molar-refractivity contribution in [1.29, 1.82) is 0 Å². The second kappa shape index (κ2) is 11.3.